The molecular weight excluding hydrogens is 310 g/mol. The van der Waals surface area contributed by atoms with E-state index in [1.54, 1.807) is 0 Å². The first-order chi connectivity index (χ1) is 12.2. The molecule has 0 saturated heterocycles. The Bertz CT molecular complexity index is 1060. The minimum absolute atomic E-state index is 0.344. The van der Waals surface area contributed by atoms with E-state index in [-0.39, 0.29) is 0 Å². The minimum Gasteiger partial charge on any atom is -0.478 e. The van der Waals surface area contributed by atoms with Gasteiger partial charge in [0, 0.05) is 29.7 Å². The molecule has 0 spiro atoms. The smallest absolute Gasteiger partial charge is 0.336 e. The van der Waals surface area contributed by atoms with E-state index in [0.29, 0.717) is 5.56 Å². The fraction of sp³-hybridized carbons (Fsp3) is 0.0455. The van der Waals surface area contributed by atoms with E-state index in [1.807, 2.05) is 90.6 Å². The summed E-state index contributed by atoms with van der Waals surface area (Å²) in [6.07, 6.45) is 1.97. The second-order valence-electron chi connectivity index (χ2n) is 6.07. The Morgan fingerprint density at radius 2 is 1.48 bits per heavy atom. The highest BCUT2D eigenvalue weighted by atomic mass is 16.4. The molecule has 3 nitrogen and oxygen atoms in total. The van der Waals surface area contributed by atoms with Gasteiger partial charge in [0.1, 0.15) is 0 Å². The Morgan fingerprint density at radius 3 is 2.08 bits per heavy atom. The predicted octanol–water partition coefficient (Wildman–Crippen LogP) is 5.21. The SMILES string of the molecule is Cn1ccc2c(-c3ccccc3)c(C(=O)O)c(-c3ccccc3)cc21. The van der Waals surface area contributed by atoms with Crippen LogP contribution in [0.25, 0.3) is 33.2 Å². The maximum absolute atomic E-state index is 12.2. The Hall–Kier alpha value is -3.33. The summed E-state index contributed by atoms with van der Waals surface area (Å²) in [7, 11) is 1.98. The number of aryl methyl sites for hydroxylation is 1. The predicted molar refractivity (Wildman–Crippen MR) is 101 cm³/mol. The molecule has 0 aliphatic rings. The van der Waals surface area contributed by atoms with Crippen LogP contribution in [0.1, 0.15) is 10.4 Å². The van der Waals surface area contributed by atoms with Gasteiger partial charge in [0.25, 0.3) is 0 Å². The number of rotatable bonds is 3. The Balaban J connectivity index is 2.18. The van der Waals surface area contributed by atoms with Crippen molar-refractivity contribution in [1.82, 2.24) is 4.57 Å². The van der Waals surface area contributed by atoms with Gasteiger partial charge in [0.2, 0.25) is 0 Å². The van der Waals surface area contributed by atoms with Crippen LogP contribution in [-0.2, 0) is 7.05 Å². The van der Waals surface area contributed by atoms with Crippen LogP contribution in [-0.4, -0.2) is 15.6 Å². The third kappa shape index (κ3) is 2.50. The van der Waals surface area contributed by atoms with Crippen LogP contribution >= 0.6 is 0 Å². The van der Waals surface area contributed by atoms with E-state index in [1.165, 1.54) is 0 Å². The monoisotopic (exact) mass is 327 g/mol. The summed E-state index contributed by atoms with van der Waals surface area (Å²) in [6, 6.07) is 23.4. The molecule has 0 atom stereocenters. The van der Waals surface area contributed by atoms with Crippen LogP contribution < -0.4 is 0 Å². The Labute approximate surface area is 145 Å². The van der Waals surface area contributed by atoms with E-state index < -0.39 is 5.97 Å². The fourth-order valence-corrected chi connectivity index (χ4v) is 3.38. The second kappa shape index (κ2) is 5.95. The van der Waals surface area contributed by atoms with Crippen LogP contribution in [0, 0.1) is 0 Å². The normalized spacial score (nSPS) is 10.9. The van der Waals surface area contributed by atoms with E-state index >= 15 is 0 Å². The summed E-state index contributed by atoms with van der Waals surface area (Å²) in [5, 5.41) is 11.0. The molecule has 0 bridgehead atoms. The van der Waals surface area contributed by atoms with Crippen molar-refractivity contribution in [3.05, 3.63) is 84.6 Å². The number of nitrogens with zero attached hydrogens (tertiary/aromatic N) is 1. The number of hydrogen-bond acceptors (Lipinski definition) is 1. The zero-order chi connectivity index (χ0) is 17.4. The summed E-state index contributed by atoms with van der Waals surface area (Å²) in [5.74, 6) is -0.913. The molecule has 4 aromatic rings. The highest BCUT2D eigenvalue weighted by Gasteiger charge is 2.22. The second-order valence-corrected chi connectivity index (χ2v) is 6.07. The van der Waals surface area contributed by atoms with Crippen LogP contribution in [0.3, 0.4) is 0 Å². The highest BCUT2D eigenvalue weighted by Crippen LogP contribution is 2.39. The van der Waals surface area contributed by atoms with Crippen molar-refractivity contribution >= 4 is 16.9 Å². The zero-order valence-electron chi connectivity index (χ0n) is 13.8. The van der Waals surface area contributed by atoms with Crippen molar-refractivity contribution < 1.29 is 9.90 Å². The molecule has 25 heavy (non-hydrogen) atoms. The Morgan fingerprint density at radius 1 is 0.880 bits per heavy atom. The lowest BCUT2D eigenvalue weighted by atomic mass is 9.89. The van der Waals surface area contributed by atoms with Gasteiger partial charge in [-0.15, -0.1) is 0 Å². The van der Waals surface area contributed by atoms with Crippen molar-refractivity contribution in [2.75, 3.05) is 0 Å². The third-order valence-electron chi connectivity index (χ3n) is 4.55. The molecular formula is C22H17NO2. The minimum atomic E-state index is -0.913. The molecule has 1 N–H and O–H groups in total. The number of benzene rings is 3. The molecule has 0 aliphatic carbocycles. The molecule has 0 fully saturated rings. The number of fused-ring (bicyclic) bond motifs is 1. The molecule has 0 unspecified atom stereocenters. The van der Waals surface area contributed by atoms with Crippen LogP contribution in [0.4, 0.5) is 0 Å². The van der Waals surface area contributed by atoms with Crippen molar-refractivity contribution in [2.24, 2.45) is 7.05 Å². The highest BCUT2D eigenvalue weighted by molar-refractivity contribution is 6.12. The molecule has 0 saturated carbocycles. The molecule has 3 aromatic carbocycles. The van der Waals surface area contributed by atoms with Gasteiger partial charge < -0.3 is 9.67 Å². The van der Waals surface area contributed by atoms with Gasteiger partial charge in [0.05, 0.1) is 5.56 Å². The quantitative estimate of drug-likeness (QED) is 0.561. The van der Waals surface area contributed by atoms with Crippen molar-refractivity contribution in [2.45, 2.75) is 0 Å². The van der Waals surface area contributed by atoms with Gasteiger partial charge in [-0.25, -0.2) is 4.79 Å². The van der Waals surface area contributed by atoms with Crippen molar-refractivity contribution in [1.29, 1.82) is 0 Å². The summed E-state index contributed by atoms with van der Waals surface area (Å²) in [5.41, 5.74) is 4.68. The number of carbonyl (C=O) groups is 1. The average molecular weight is 327 g/mol. The van der Waals surface area contributed by atoms with E-state index in [2.05, 4.69) is 0 Å². The molecule has 0 amide bonds. The van der Waals surface area contributed by atoms with E-state index in [4.69, 9.17) is 0 Å². The summed E-state index contributed by atoms with van der Waals surface area (Å²) in [4.78, 5) is 12.2. The molecule has 1 aromatic heterocycles. The van der Waals surface area contributed by atoms with Gasteiger partial charge in [-0.05, 0) is 28.8 Å². The van der Waals surface area contributed by atoms with E-state index in [9.17, 15) is 9.90 Å². The first kappa shape index (κ1) is 15.2. The lowest BCUT2D eigenvalue weighted by Crippen LogP contribution is -2.04. The summed E-state index contributed by atoms with van der Waals surface area (Å²) in [6.45, 7) is 0. The Kier molecular flexibility index (Phi) is 3.62. The molecule has 3 heteroatoms. The number of carboxylic acids is 1. The summed E-state index contributed by atoms with van der Waals surface area (Å²) >= 11 is 0. The van der Waals surface area contributed by atoms with Crippen molar-refractivity contribution in [3.8, 4) is 22.3 Å². The zero-order valence-corrected chi connectivity index (χ0v) is 13.8. The fourth-order valence-electron chi connectivity index (χ4n) is 3.38. The number of hydrogen-bond donors (Lipinski definition) is 1. The van der Waals surface area contributed by atoms with Gasteiger partial charge in [-0.3, -0.25) is 0 Å². The van der Waals surface area contributed by atoms with Gasteiger partial charge in [0.15, 0.2) is 0 Å². The largest absolute Gasteiger partial charge is 0.478 e. The number of carboxylic acid groups (broad SMARTS) is 1. The first-order valence-corrected chi connectivity index (χ1v) is 8.13. The van der Waals surface area contributed by atoms with E-state index in [0.717, 1.165) is 33.2 Å². The lowest BCUT2D eigenvalue weighted by molar-refractivity contribution is 0.0698. The number of aromatic nitrogens is 1. The average Bonchev–Trinajstić information content (AvgIpc) is 3.02. The maximum Gasteiger partial charge on any atom is 0.336 e. The molecule has 0 radical (unpaired) electrons. The number of aromatic carboxylic acids is 1. The molecule has 4 rings (SSSR count). The van der Waals surface area contributed by atoms with Crippen molar-refractivity contribution in [3.63, 3.8) is 0 Å². The van der Waals surface area contributed by atoms with Gasteiger partial charge >= 0.3 is 5.97 Å². The standard InChI is InChI=1S/C22H17NO2/c1-23-13-12-17-19(23)14-18(15-8-4-2-5-9-15)21(22(24)25)20(17)16-10-6-3-7-11-16/h2-14H,1H3,(H,24,25). The maximum atomic E-state index is 12.2. The van der Waals surface area contributed by atoms with Crippen LogP contribution in [0.2, 0.25) is 0 Å². The third-order valence-corrected chi connectivity index (χ3v) is 4.55. The van der Waals surface area contributed by atoms with Gasteiger partial charge in [-0.2, -0.15) is 0 Å². The topological polar surface area (TPSA) is 42.2 Å². The summed E-state index contributed by atoms with van der Waals surface area (Å²) < 4.78 is 2.03. The first-order valence-electron chi connectivity index (χ1n) is 8.13. The molecule has 122 valence electrons. The molecule has 1 heterocycles. The van der Waals surface area contributed by atoms with Gasteiger partial charge in [-0.1, -0.05) is 60.7 Å². The van der Waals surface area contributed by atoms with Crippen LogP contribution in [0.5, 0.6) is 0 Å². The van der Waals surface area contributed by atoms with Crippen LogP contribution in [0.15, 0.2) is 79.0 Å². The molecule has 0 aliphatic heterocycles. The lowest BCUT2D eigenvalue weighted by Gasteiger charge is -2.15.